The van der Waals surface area contributed by atoms with Crippen molar-refractivity contribution in [3.63, 3.8) is 0 Å². The molecule has 1 heterocycles. The third kappa shape index (κ3) is 2.08. The summed E-state index contributed by atoms with van der Waals surface area (Å²) in [7, 11) is 0. The molecule has 0 aromatic carbocycles. The first kappa shape index (κ1) is 10.2. The normalized spacial score (nSPS) is 11.2. The highest BCUT2D eigenvalue weighted by Crippen LogP contribution is 2.18. The smallest absolute Gasteiger partial charge is 0.0861 e. The van der Waals surface area contributed by atoms with Gasteiger partial charge in [-0.15, -0.1) is 5.10 Å². The second-order valence-corrected chi connectivity index (χ2v) is 3.64. The number of aryl methyl sites for hydroxylation is 2. The first-order chi connectivity index (χ1) is 6.20. The van der Waals surface area contributed by atoms with Crippen molar-refractivity contribution in [3.8, 4) is 0 Å². The van der Waals surface area contributed by atoms with E-state index < -0.39 is 0 Å². The van der Waals surface area contributed by atoms with Crippen molar-refractivity contribution in [2.24, 2.45) is 0 Å². The van der Waals surface area contributed by atoms with Crippen LogP contribution in [0.4, 0.5) is 0 Å². The van der Waals surface area contributed by atoms with Crippen LogP contribution >= 0.6 is 0 Å². The zero-order valence-corrected chi connectivity index (χ0v) is 9.04. The van der Waals surface area contributed by atoms with Crippen LogP contribution in [0.25, 0.3) is 0 Å². The molecule has 0 saturated heterocycles. The van der Waals surface area contributed by atoms with Gasteiger partial charge in [0.25, 0.3) is 0 Å². The van der Waals surface area contributed by atoms with Gasteiger partial charge < -0.3 is 0 Å². The second kappa shape index (κ2) is 4.40. The fourth-order valence-corrected chi connectivity index (χ4v) is 1.64. The number of hydrogen-bond acceptors (Lipinski definition) is 2. The van der Waals surface area contributed by atoms with Crippen molar-refractivity contribution in [2.75, 3.05) is 0 Å². The summed E-state index contributed by atoms with van der Waals surface area (Å²) in [5.74, 6) is 0.525. The van der Waals surface area contributed by atoms with E-state index >= 15 is 0 Å². The zero-order valence-electron chi connectivity index (χ0n) is 9.04. The molecule has 0 saturated carbocycles. The number of nitrogens with zero attached hydrogens (tertiary/aromatic N) is 3. The van der Waals surface area contributed by atoms with Crippen LogP contribution in [0.5, 0.6) is 0 Å². The van der Waals surface area contributed by atoms with E-state index in [1.807, 2.05) is 4.68 Å². The van der Waals surface area contributed by atoms with Crippen molar-refractivity contribution in [3.05, 3.63) is 11.4 Å². The maximum atomic E-state index is 4.21. The molecule has 0 spiro atoms. The van der Waals surface area contributed by atoms with Crippen molar-refractivity contribution in [1.82, 2.24) is 15.0 Å². The lowest BCUT2D eigenvalue weighted by molar-refractivity contribution is 0.579. The van der Waals surface area contributed by atoms with Crippen LogP contribution in [0.1, 0.15) is 51.4 Å². The summed E-state index contributed by atoms with van der Waals surface area (Å²) < 4.78 is 2.01. The lowest BCUT2D eigenvalue weighted by atomic mass is 10.1. The summed E-state index contributed by atoms with van der Waals surface area (Å²) >= 11 is 0. The summed E-state index contributed by atoms with van der Waals surface area (Å²) in [6.07, 6.45) is 2.19. The Labute approximate surface area is 80.1 Å². The summed E-state index contributed by atoms with van der Waals surface area (Å²) in [4.78, 5) is 0. The van der Waals surface area contributed by atoms with Crippen molar-refractivity contribution >= 4 is 0 Å². The zero-order chi connectivity index (χ0) is 9.84. The van der Waals surface area contributed by atoms with Gasteiger partial charge >= 0.3 is 0 Å². The maximum Gasteiger partial charge on any atom is 0.0861 e. The highest BCUT2D eigenvalue weighted by molar-refractivity contribution is 5.14. The van der Waals surface area contributed by atoms with E-state index in [1.165, 1.54) is 11.4 Å². The van der Waals surface area contributed by atoms with Gasteiger partial charge in [0.2, 0.25) is 0 Å². The minimum atomic E-state index is 0.525. The Morgan fingerprint density at radius 1 is 1.31 bits per heavy atom. The Kier molecular flexibility index (Phi) is 3.46. The highest BCUT2D eigenvalue weighted by atomic mass is 15.4. The quantitative estimate of drug-likeness (QED) is 0.714. The van der Waals surface area contributed by atoms with Gasteiger partial charge in [0.15, 0.2) is 0 Å². The molecule has 0 fully saturated rings. The molecule has 1 rings (SSSR count). The van der Waals surface area contributed by atoms with Gasteiger partial charge in [-0.2, -0.15) is 0 Å². The molecule has 0 aliphatic carbocycles. The first-order valence-corrected chi connectivity index (χ1v) is 5.12. The van der Waals surface area contributed by atoms with E-state index in [1.54, 1.807) is 0 Å². The van der Waals surface area contributed by atoms with Gasteiger partial charge in [-0.3, -0.25) is 0 Å². The molecule has 0 aliphatic rings. The molecule has 13 heavy (non-hydrogen) atoms. The third-order valence-electron chi connectivity index (χ3n) is 2.18. The molecular formula is C10H19N3. The van der Waals surface area contributed by atoms with E-state index in [-0.39, 0.29) is 0 Å². The molecular weight excluding hydrogens is 162 g/mol. The lowest BCUT2D eigenvalue weighted by Gasteiger charge is -2.08. The molecule has 0 radical (unpaired) electrons. The van der Waals surface area contributed by atoms with Gasteiger partial charge in [0, 0.05) is 6.54 Å². The van der Waals surface area contributed by atoms with E-state index in [9.17, 15) is 0 Å². The fraction of sp³-hybridized carbons (Fsp3) is 0.800. The fourth-order valence-electron chi connectivity index (χ4n) is 1.64. The molecule has 1 aromatic rings. The van der Waals surface area contributed by atoms with Crippen molar-refractivity contribution in [2.45, 2.75) is 53.0 Å². The maximum absolute atomic E-state index is 4.21. The van der Waals surface area contributed by atoms with Crippen molar-refractivity contribution < 1.29 is 0 Å². The van der Waals surface area contributed by atoms with Crippen molar-refractivity contribution in [1.29, 1.82) is 0 Å². The number of aromatic nitrogens is 3. The van der Waals surface area contributed by atoms with Crippen LogP contribution in [0, 0.1) is 0 Å². The number of rotatable bonds is 4. The van der Waals surface area contributed by atoms with Gasteiger partial charge in [-0.1, -0.05) is 32.4 Å². The molecule has 0 unspecified atom stereocenters. The average Bonchev–Trinajstić information content (AvgIpc) is 2.48. The van der Waals surface area contributed by atoms with E-state index in [0.29, 0.717) is 5.92 Å². The van der Waals surface area contributed by atoms with Crippen LogP contribution in [-0.2, 0) is 13.0 Å². The molecule has 0 bridgehead atoms. The predicted molar refractivity (Wildman–Crippen MR) is 53.8 cm³/mol. The molecule has 0 amide bonds. The van der Waals surface area contributed by atoms with Crippen LogP contribution in [0.15, 0.2) is 0 Å². The highest BCUT2D eigenvalue weighted by Gasteiger charge is 2.13. The summed E-state index contributed by atoms with van der Waals surface area (Å²) in [6.45, 7) is 9.60. The van der Waals surface area contributed by atoms with E-state index in [2.05, 4.69) is 38.0 Å². The number of hydrogen-bond donors (Lipinski definition) is 0. The SMILES string of the molecule is CCCc1nnn(CC)c1C(C)C. The third-order valence-corrected chi connectivity index (χ3v) is 2.18. The lowest BCUT2D eigenvalue weighted by Crippen LogP contribution is -2.05. The monoisotopic (exact) mass is 181 g/mol. The molecule has 3 nitrogen and oxygen atoms in total. The molecule has 1 aromatic heterocycles. The Morgan fingerprint density at radius 2 is 2.00 bits per heavy atom. The van der Waals surface area contributed by atoms with Crippen LogP contribution in [0.3, 0.4) is 0 Å². The van der Waals surface area contributed by atoms with Gasteiger partial charge in [-0.05, 0) is 19.3 Å². The van der Waals surface area contributed by atoms with E-state index in [0.717, 1.165) is 19.4 Å². The van der Waals surface area contributed by atoms with Crippen LogP contribution in [0.2, 0.25) is 0 Å². The van der Waals surface area contributed by atoms with Gasteiger partial charge in [-0.25, -0.2) is 4.68 Å². The Bertz CT molecular complexity index is 263. The minimum Gasteiger partial charge on any atom is -0.249 e. The Morgan fingerprint density at radius 3 is 2.46 bits per heavy atom. The summed E-state index contributed by atoms with van der Waals surface area (Å²) in [6, 6.07) is 0. The average molecular weight is 181 g/mol. The predicted octanol–water partition coefficient (Wildman–Crippen LogP) is 2.37. The van der Waals surface area contributed by atoms with Gasteiger partial charge in [0.1, 0.15) is 0 Å². The summed E-state index contributed by atoms with van der Waals surface area (Å²) in [5, 5.41) is 8.35. The molecule has 3 heteroatoms. The van der Waals surface area contributed by atoms with Gasteiger partial charge in [0.05, 0.1) is 11.4 Å². The molecule has 74 valence electrons. The van der Waals surface area contributed by atoms with E-state index in [4.69, 9.17) is 0 Å². The molecule has 0 atom stereocenters. The standard InChI is InChI=1S/C10H19N3/c1-5-7-9-10(8(3)4)13(6-2)12-11-9/h8H,5-7H2,1-4H3. The first-order valence-electron chi connectivity index (χ1n) is 5.12. The molecule has 0 aliphatic heterocycles. The topological polar surface area (TPSA) is 30.7 Å². The van der Waals surface area contributed by atoms with Crippen LogP contribution < -0.4 is 0 Å². The Hall–Kier alpha value is -0.860. The second-order valence-electron chi connectivity index (χ2n) is 3.64. The molecule has 0 N–H and O–H groups in total. The minimum absolute atomic E-state index is 0.525. The summed E-state index contributed by atoms with van der Waals surface area (Å²) in [5.41, 5.74) is 2.49. The largest absolute Gasteiger partial charge is 0.249 e. The van der Waals surface area contributed by atoms with Crippen LogP contribution in [-0.4, -0.2) is 15.0 Å². The Balaban J connectivity index is 2.99.